The first-order valence-corrected chi connectivity index (χ1v) is 17.9. The molecule has 3 atom stereocenters. The first kappa shape index (κ1) is 38.7. The molecule has 4 heterocycles. The van der Waals surface area contributed by atoms with Crippen LogP contribution in [0.15, 0.2) is 61.7 Å². The van der Waals surface area contributed by atoms with Crippen molar-refractivity contribution < 1.29 is 0 Å². The first-order chi connectivity index (χ1) is 23.2. The summed E-state index contributed by atoms with van der Waals surface area (Å²) in [5.74, 6) is 2.54. The Balaban J connectivity index is 0.000000243. The lowest BCUT2D eigenvalue weighted by Gasteiger charge is -2.15. The van der Waals surface area contributed by atoms with Crippen molar-refractivity contribution in [2.45, 2.75) is 87.1 Å². The number of halogens is 1. The fraction of sp³-hybridized carbons (Fsp3) is 0.439. The van der Waals surface area contributed by atoms with E-state index in [1.54, 1.807) is 12.4 Å². The van der Waals surface area contributed by atoms with Gasteiger partial charge >= 0.3 is 0 Å². The van der Waals surface area contributed by atoms with Gasteiger partial charge in [-0.15, -0.1) is 6.58 Å². The molecule has 0 saturated carbocycles. The van der Waals surface area contributed by atoms with Crippen molar-refractivity contribution in [3.63, 3.8) is 0 Å². The fourth-order valence-electron chi connectivity index (χ4n) is 6.49. The molecule has 0 spiro atoms. The van der Waals surface area contributed by atoms with E-state index < -0.39 is 0 Å². The summed E-state index contributed by atoms with van der Waals surface area (Å²) in [7, 11) is 0. The summed E-state index contributed by atoms with van der Waals surface area (Å²) in [5, 5.41) is 10.4. The van der Waals surface area contributed by atoms with Crippen LogP contribution in [0.4, 0.5) is 0 Å². The van der Waals surface area contributed by atoms with Crippen LogP contribution in [0.1, 0.15) is 82.2 Å². The molecule has 48 heavy (non-hydrogen) atoms. The predicted molar refractivity (Wildman–Crippen MR) is 207 cm³/mol. The third-order valence-electron chi connectivity index (χ3n) is 9.17. The quantitative estimate of drug-likeness (QED) is 0.153. The van der Waals surface area contributed by atoms with Crippen molar-refractivity contribution in [1.82, 2.24) is 24.4 Å². The minimum Gasteiger partial charge on any atom is -0.349 e. The number of H-pyrrole nitrogens is 1. The minimum atomic E-state index is 0.168. The second-order valence-corrected chi connectivity index (χ2v) is 13.0. The number of likely N-dealkylation sites (tertiary alicyclic amines) is 1. The van der Waals surface area contributed by atoms with Crippen LogP contribution in [-0.4, -0.2) is 50.3 Å². The van der Waals surface area contributed by atoms with E-state index in [9.17, 15) is 0 Å². The number of nitrogens with one attached hydrogen (secondary N) is 2. The molecule has 7 heteroatoms. The van der Waals surface area contributed by atoms with Gasteiger partial charge in [0, 0.05) is 54.9 Å². The molecule has 2 N–H and O–H groups in total. The molecular weight excluding hydrogens is 612 g/mol. The number of aryl methyl sites for hydroxylation is 1. The summed E-state index contributed by atoms with van der Waals surface area (Å²) in [5.41, 5.74) is 7.57. The molecule has 2 aliphatic heterocycles. The highest BCUT2D eigenvalue weighted by Crippen LogP contribution is 2.27. The minimum absolute atomic E-state index is 0.168. The largest absolute Gasteiger partial charge is 0.349 e. The molecule has 1 saturated heterocycles. The van der Waals surface area contributed by atoms with Gasteiger partial charge < -0.3 is 19.9 Å². The molecule has 4 aromatic rings. The average Bonchev–Trinajstić information content (AvgIpc) is 3.92. The van der Waals surface area contributed by atoms with Crippen LogP contribution in [0.3, 0.4) is 0 Å². The standard InChI is InChI=1S/C25H30ClN.C10H15N3.C4H6N2.C2H6/c1-5-19-12-14-27(17-19)15-13-20-8-10-21(11-9-20)24-16-25(26)23(7-3)22(6-2)18(24)4;1-7-3-9-10(8(2)4-11)12-6-13(9)5-7;1-4-5-2-3-6-4;1-2/h5-11,16,19H,1,12-15,17H2,2-4H3;4,6-8,11H,3,5H2,1-2H3;2-3H,1H3,(H,5,6);1-2H3/b22-6-,23-7+;;;. The summed E-state index contributed by atoms with van der Waals surface area (Å²) < 4.78 is 2.22. The van der Waals surface area contributed by atoms with Crippen molar-refractivity contribution in [3.05, 3.63) is 106 Å². The van der Waals surface area contributed by atoms with Gasteiger partial charge in [0.25, 0.3) is 0 Å². The summed E-state index contributed by atoms with van der Waals surface area (Å²) in [6.07, 6.45) is 16.7. The van der Waals surface area contributed by atoms with Gasteiger partial charge in [-0.05, 0) is 104 Å². The Morgan fingerprint density at radius 1 is 1.08 bits per heavy atom. The third kappa shape index (κ3) is 10.1. The van der Waals surface area contributed by atoms with Gasteiger partial charge in [0.1, 0.15) is 5.82 Å². The zero-order chi connectivity index (χ0) is 35.2. The maximum atomic E-state index is 7.22. The number of fused-ring (bicyclic) bond motifs is 1. The Morgan fingerprint density at radius 2 is 1.79 bits per heavy atom. The van der Waals surface area contributed by atoms with E-state index in [0.717, 1.165) is 60.2 Å². The number of rotatable bonds is 7. The van der Waals surface area contributed by atoms with E-state index in [0.29, 0.717) is 5.92 Å². The van der Waals surface area contributed by atoms with Crippen LogP contribution in [0.2, 0.25) is 5.02 Å². The number of hydrogen-bond donors (Lipinski definition) is 2. The number of nitrogens with zero attached hydrogens (tertiary/aromatic N) is 4. The van der Waals surface area contributed by atoms with E-state index in [1.165, 1.54) is 52.3 Å². The van der Waals surface area contributed by atoms with Crippen molar-refractivity contribution in [3.8, 4) is 11.1 Å². The van der Waals surface area contributed by atoms with Gasteiger partial charge in [-0.3, -0.25) is 0 Å². The van der Waals surface area contributed by atoms with E-state index in [-0.39, 0.29) is 5.92 Å². The second kappa shape index (κ2) is 19.3. The number of imidazole rings is 2. The molecule has 0 radical (unpaired) electrons. The predicted octanol–water partition coefficient (Wildman–Crippen LogP) is 8.54. The Hall–Kier alpha value is -3.74. The highest BCUT2D eigenvalue weighted by atomic mass is 35.5. The first-order valence-electron chi connectivity index (χ1n) is 17.5. The van der Waals surface area contributed by atoms with Crippen LogP contribution in [0.5, 0.6) is 0 Å². The lowest BCUT2D eigenvalue weighted by atomic mass is 9.96. The Morgan fingerprint density at radius 3 is 2.33 bits per heavy atom. The zero-order valence-electron chi connectivity index (χ0n) is 30.5. The number of benzene rings is 2. The Labute approximate surface area is 294 Å². The van der Waals surface area contributed by atoms with Crippen LogP contribution < -0.4 is 10.4 Å². The molecule has 1 fully saturated rings. The van der Waals surface area contributed by atoms with Gasteiger partial charge in [0.2, 0.25) is 0 Å². The fourth-order valence-corrected chi connectivity index (χ4v) is 6.81. The summed E-state index contributed by atoms with van der Waals surface area (Å²) in [4.78, 5) is 13.7. The van der Waals surface area contributed by atoms with Gasteiger partial charge in [-0.2, -0.15) is 0 Å². The van der Waals surface area contributed by atoms with E-state index in [4.69, 9.17) is 17.0 Å². The van der Waals surface area contributed by atoms with Crippen molar-refractivity contribution >= 4 is 30.0 Å². The summed E-state index contributed by atoms with van der Waals surface area (Å²) >= 11 is 6.55. The van der Waals surface area contributed by atoms with E-state index in [1.807, 2.05) is 40.9 Å². The highest BCUT2D eigenvalue weighted by Gasteiger charge is 2.23. The SMILES string of the molecule is C=CC1CCN(CCc2ccc(-c3cc(Cl)c(=C/C)/c(=C\C)c3C)cc2)C1.CC.CC1Cc2c(C(C)C=N)ncn2C1.Cc1ncc[nH]1. The maximum Gasteiger partial charge on any atom is 0.102 e. The number of aromatic amines is 1. The lowest BCUT2D eigenvalue weighted by molar-refractivity contribution is 0.336. The maximum absolute atomic E-state index is 7.22. The average molecular weight is 669 g/mol. The van der Waals surface area contributed by atoms with Gasteiger partial charge in [0.05, 0.1) is 12.0 Å². The van der Waals surface area contributed by atoms with Crippen LogP contribution in [0.25, 0.3) is 23.3 Å². The number of aromatic nitrogens is 4. The Bertz CT molecular complexity index is 1700. The van der Waals surface area contributed by atoms with Crippen LogP contribution in [-0.2, 0) is 19.4 Å². The van der Waals surface area contributed by atoms with E-state index in [2.05, 4.69) is 100 Å². The van der Waals surface area contributed by atoms with Gasteiger partial charge in [-0.25, -0.2) is 9.97 Å². The van der Waals surface area contributed by atoms with Crippen LogP contribution in [0, 0.1) is 31.1 Å². The van der Waals surface area contributed by atoms with Gasteiger partial charge in [0.15, 0.2) is 0 Å². The monoisotopic (exact) mass is 668 g/mol. The zero-order valence-corrected chi connectivity index (χ0v) is 31.2. The molecule has 3 unspecified atom stereocenters. The molecule has 6 rings (SSSR count). The van der Waals surface area contributed by atoms with Crippen molar-refractivity contribution in [2.75, 3.05) is 19.6 Å². The normalized spacial score (nSPS) is 18.1. The second-order valence-electron chi connectivity index (χ2n) is 12.6. The van der Waals surface area contributed by atoms with Crippen LogP contribution >= 0.6 is 11.6 Å². The van der Waals surface area contributed by atoms with Crippen molar-refractivity contribution in [1.29, 1.82) is 5.41 Å². The molecular formula is C41H57ClN6. The molecule has 2 aliphatic rings. The highest BCUT2D eigenvalue weighted by molar-refractivity contribution is 6.31. The topological polar surface area (TPSA) is 73.6 Å². The molecule has 0 bridgehead atoms. The van der Waals surface area contributed by atoms with Crippen molar-refractivity contribution in [2.24, 2.45) is 11.8 Å². The molecule has 0 amide bonds. The van der Waals surface area contributed by atoms with Gasteiger partial charge in [-0.1, -0.05) is 81.8 Å². The smallest absolute Gasteiger partial charge is 0.102 e. The lowest BCUT2D eigenvalue weighted by Crippen LogP contribution is -2.28. The number of hydrogen-bond acceptors (Lipinski definition) is 4. The Kier molecular flexibility index (Phi) is 15.6. The molecule has 6 nitrogen and oxygen atoms in total. The molecule has 258 valence electrons. The molecule has 2 aromatic carbocycles. The summed E-state index contributed by atoms with van der Waals surface area (Å²) in [6, 6.07) is 11.1. The molecule has 0 aliphatic carbocycles. The molecule has 2 aromatic heterocycles. The third-order valence-corrected chi connectivity index (χ3v) is 9.49. The summed E-state index contributed by atoms with van der Waals surface area (Å²) in [6.45, 7) is 25.0. The van der Waals surface area contributed by atoms with E-state index >= 15 is 0 Å².